The van der Waals surface area contributed by atoms with Gasteiger partial charge in [0.2, 0.25) is 0 Å². The molecular formula is C24H20ClN3O3S2. The number of rotatable bonds is 6. The fourth-order valence-corrected chi connectivity index (χ4v) is 5.50. The van der Waals surface area contributed by atoms with Gasteiger partial charge in [-0.15, -0.1) is 11.3 Å². The number of sulfonamides is 1. The maximum absolute atomic E-state index is 13.1. The van der Waals surface area contributed by atoms with Crippen molar-refractivity contribution in [1.29, 1.82) is 0 Å². The number of anilines is 2. The number of nitrogens with zero attached hydrogens (tertiary/aromatic N) is 2. The van der Waals surface area contributed by atoms with Crippen molar-refractivity contribution in [2.45, 2.75) is 11.8 Å². The summed E-state index contributed by atoms with van der Waals surface area (Å²) >= 11 is 7.36. The summed E-state index contributed by atoms with van der Waals surface area (Å²) < 4.78 is 27.4. The largest absolute Gasteiger partial charge is 0.298 e. The summed E-state index contributed by atoms with van der Waals surface area (Å²) in [5.41, 5.74) is 2.40. The van der Waals surface area contributed by atoms with Crippen LogP contribution in [0.1, 0.15) is 15.2 Å². The molecule has 1 aromatic heterocycles. The third kappa shape index (κ3) is 4.93. The number of thiazole rings is 1. The van der Waals surface area contributed by atoms with Crippen LogP contribution in [0.2, 0.25) is 5.02 Å². The first-order valence-electron chi connectivity index (χ1n) is 9.94. The lowest BCUT2D eigenvalue weighted by molar-refractivity contribution is 0.102. The Kier molecular flexibility index (Phi) is 6.51. The number of nitrogens with one attached hydrogen (secondary N) is 1. The summed E-state index contributed by atoms with van der Waals surface area (Å²) in [7, 11) is -2.45. The zero-order chi connectivity index (χ0) is 23.6. The van der Waals surface area contributed by atoms with Gasteiger partial charge in [-0.05, 0) is 43.3 Å². The van der Waals surface area contributed by atoms with E-state index in [0.29, 0.717) is 15.8 Å². The van der Waals surface area contributed by atoms with Crippen molar-refractivity contribution in [1.82, 2.24) is 4.98 Å². The van der Waals surface area contributed by atoms with Gasteiger partial charge >= 0.3 is 0 Å². The Morgan fingerprint density at radius 2 is 1.73 bits per heavy atom. The van der Waals surface area contributed by atoms with E-state index >= 15 is 0 Å². The molecule has 0 unspecified atom stereocenters. The Morgan fingerprint density at radius 1 is 1.00 bits per heavy atom. The molecule has 6 nitrogen and oxygen atoms in total. The molecule has 9 heteroatoms. The molecule has 0 bridgehead atoms. The third-order valence-electron chi connectivity index (χ3n) is 4.99. The van der Waals surface area contributed by atoms with E-state index in [2.05, 4.69) is 10.3 Å². The van der Waals surface area contributed by atoms with E-state index in [-0.39, 0.29) is 10.5 Å². The van der Waals surface area contributed by atoms with Gasteiger partial charge in [0.05, 0.1) is 16.3 Å². The molecule has 4 rings (SSSR count). The number of amides is 1. The van der Waals surface area contributed by atoms with Gasteiger partial charge in [0.15, 0.2) is 5.13 Å². The van der Waals surface area contributed by atoms with Crippen LogP contribution in [0, 0.1) is 6.92 Å². The van der Waals surface area contributed by atoms with E-state index in [1.165, 1.54) is 36.6 Å². The lowest BCUT2D eigenvalue weighted by Gasteiger charge is -2.20. The third-order valence-corrected chi connectivity index (χ3v) is 7.89. The second-order valence-corrected chi connectivity index (χ2v) is 10.8. The van der Waals surface area contributed by atoms with E-state index in [9.17, 15) is 13.2 Å². The molecule has 3 aromatic carbocycles. The molecule has 0 atom stereocenters. The smallest absolute Gasteiger partial charge is 0.264 e. The molecule has 0 spiro atoms. The van der Waals surface area contributed by atoms with Gasteiger partial charge in [0.25, 0.3) is 15.9 Å². The summed E-state index contributed by atoms with van der Waals surface area (Å²) in [6.07, 6.45) is 0. The first-order chi connectivity index (χ1) is 15.8. The van der Waals surface area contributed by atoms with Crippen LogP contribution >= 0.6 is 22.9 Å². The summed E-state index contributed by atoms with van der Waals surface area (Å²) in [6, 6.07) is 22.2. The van der Waals surface area contributed by atoms with Crippen molar-refractivity contribution in [3.8, 4) is 11.3 Å². The maximum Gasteiger partial charge on any atom is 0.264 e. The van der Waals surface area contributed by atoms with Gasteiger partial charge in [-0.2, -0.15) is 0 Å². The van der Waals surface area contributed by atoms with Crippen molar-refractivity contribution >= 4 is 49.7 Å². The highest BCUT2D eigenvalue weighted by Crippen LogP contribution is 2.31. The van der Waals surface area contributed by atoms with E-state index in [1.54, 1.807) is 30.3 Å². The Bertz CT molecular complexity index is 1420. The number of aryl methyl sites for hydroxylation is 1. The number of aromatic nitrogens is 1. The van der Waals surface area contributed by atoms with Crippen LogP contribution in [0.3, 0.4) is 0 Å². The summed E-state index contributed by atoms with van der Waals surface area (Å²) in [6.45, 7) is 1.94. The maximum atomic E-state index is 13.1. The highest BCUT2D eigenvalue weighted by Gasteiger charge is 2.23. The normalized spacial score (nSPS) is 11.2. The molecule has 0 saturated carbocycles. The van der Waals surface area contributed by atoms with Gasteiger partial charge in [-0.25, -0.2) is 13.4 Å². The molecule has 0 radical (unpaired) electrons. The van der Waals surface area contributed by atoms with Crippen molar-refractivity contribution in [2.24, 2.45) is 0 Å². The fourth-order valence-electron chi connectivity index (χ4n) is 3.25. The number of benzene rings is 3. The minimum Gasteiger partial charge on any atom is -0.298 e. The average molecular weight is 498 g/mol. The number of halogens is 1. The van der Waals surface area contributed by atoms with Gasteiger partial charge < -0.3 is 0 Å². The number of hydrogen-bond donors (Lipinski definition) is 1. The predicted molar refractivity (Wildman–Crippen MR) is 134 cm³/mol. The molecular weight excluding hydrogens is 478 g/mol. The van der Waals surface area contributed by atoms with E-state index in [0.717, 1.165) is 20.4 Å². The van der Waals surface area contributed by atoms with Crippen LogP contribution in [-0.4, -0.2) is 26.4 Å². The summed E-state index contributed by atoms with van der Waals surface area (Å²) in [4.78, 5) is 18.4. The van der Waals surface area contributed by atoms with Crippen LogP contribution in [0.4, 0.5) is 10.8 Å². The molecule has 0 aliphatic carbocycles. The fraction of sp³-hybridized carbons (Fsp3) is 0.0833. The molecule has 1 N–H and O–H groups in total. The predicted octanol–water partition coefficient (Wildman–Crippen LogP) is 5.85. The first-order valence-corrected chi connectivity index (χ1v) is 12.6. The molecule has 1 amide bonds. The minimum atomic E-state index is -3.89. The quantitative estimate of drug-likeness (QED) is 0.362. The highest BCUT2D eigenvalue weighted by molar-refractivity contribution is 7.92. The zero-order valence-corrected chi connectivity index (χ0v) is 20.2. The highest BCUT2D eigenvalue weighted by atomic mass is 35.5. The molecule has 0 aliphatic rings. The Labute approximate surface area is 201 Å². The van der Waals surface area contributed by atoms with Gasteiger partial charge in [0, 0.05) is 28.1 Å². The Hall–Kier alpha value is -3.20. The van der Waals surface area contributed by atoms with Crippen LogP contribution < -0.4 is 9.62 Å². The lowest BCUT2D eigenvalue weighted by Crippen LogP contribution is -2.26. The monoisotopic (exact) mass is 497 g/mol. The Morgan fingerprint density at radius 3 is 2.45 bits per heavy atom. The SMILES string of the molecule is Cc1sc(NC(=O)c2cccc(S(=O)(=O)N(C)c3cccc(Cl)c3)c2)nc1-c1ccccc1. The van der Waals surface area contributed by atoms with Crippen molar-refractivity contribution < 1.29 is 13.2 Å². The number of carbonyl (C=O) groups excluding carboxylic acids is 1. The molecule has 4 aromatic rings. The Balaban J connectivity index is 1.57. The first kappa shape index (κ1) is 23.0. The van der Waals surface area contributed by atoms with Gasteiger partial charge in [-0.3, -0.25) is 14.4 Å². The van der Waals surface area contributed by atoms with E-state index in [1.807, 2.05) is 37.3 Å². The van der Waals surface area contributed by atoms with E-state index < -0.39 is 15.9 Å². The van der Waals surface area contributed by atoms with Crippen molar-refractivity contribution in [3.05, 3.63) is 94.3 Å². The molecule has 0 fully saturated rings. The molecule has 168 valence electrons. The van der Waals surface area contributed by atoms with Crippen molar-refractivity contribution in [2.75, 3.05) is 16.7 Å². The van der Waals surface area contributed by atoms with Gasteiger partial charge in [-0.1, -0.05) is 54.1 Å². The van der Waals surface area contributed by atoms with Gasteiger partial charge in [0.1, 0.15) is 0 Å². The van der Waals surface area contributed by atoms with Crippen LogP contribution in [-0.2, 0) is 10.0 Å². The average Bonchev–Trinajstić information content (AvgIpc) is 3.19. The van der Waals surface area contributed by atoms with Crippen LogP contribution in [0.5, 0.6) is 0 Å². The second-order valence-electron chi connectivity index (χ2n) is 7.22. The van der Waals surface area contributed by atoms with Crippen LogP contribution in [0.25, 0.3) is 11.3 Å². The summed E-state index contributed by atoms with van der Waals surface area (Å²) in [5.74, 6) is -0.439. The second kappa shape index (κ2) is 9.35. The number of carbonyl (C=O) groups is 1. The number of hydrogen-bond acceptors (Lipinski definition) is 5. The lowest BCUT2D eigenvalue weighted by atomic mass is 10.1. The van der Waals surface area contributed by atoms with Crippen molar-refractivity contribution in [3.63, 3.8) is 0 Å². The zero-order valence-electron chi connectivity index (χ0n) is 17.8. The standard InChI is InChI=1S/C24H20ClN3O3S2/c1-16-22(17-8-4-3-5-9-17)26-24(32-16)27-23(29)18-10-6-13-21(14-18)33(30,31)28(2)20-12-7-11-19(25)15-20/h3-15H,1-2H3,(H,26,27,29). The van der Waals surface area contributed by atoms with E-state index in [4.69, 9.17) is 11.6 Å². The topological polar surface area (TPSA) is 79.4 Å². The molecule has 1 heterocycles. The van der Waals surface area contributed by atoms with Crippen LogP contribution in [0.15, 0.2) is 83.8 Å². The molecule has 0 saturated heterocycles. The summed E-state index contributed by atoms with van der Waals surface area (Å²) in [5, 5.41) is 3.65. The molecule has 0 aliphatic heterocycles. The minimum absolute atomic E-state index is 0.00193. The molecule has 33 heavy (non-hydrogen) atoms.